The number of methoxy groups -OCH3 is 1. The van der Waals surface area contributed by atoms with E-state index in [1.165, 1.54) is 24.1 Å². The summed E-state index contributed by atoms with van der Waals surface area (Å²) in [6.07, 6.45) is 0. The molecule has 0 aliphatic rings. The molecule has 0 heterocycles. The van der Waals surface area contributed by atoms with Gasteiger partial charge in [0.2, 0.25) is 0 Å². The second kappa shape index (κ2) is 5.27. The molecule has 0 fully saturated rings. The molecule has 0 bridgehead atoms. The largest absolute Gasteiger partial charge is 0.369 e. The fraction of sp³-hybridized carbons (Fsp3) is 0.462. The Morgan fingerprint density at radius 1 is 1.47 bits per heavy atom. The molecule has 0 aliphatic carbocycles. The van der Waals surface area contributed by atoms with Gasteiger partial charge in [-0.2, -0.15) is 0 Å². The van der Waals surface area contributed by atoms with Crippen LogP contribution in [0, 0.1) is 5.82 Å². The van der Waals surface area contributed by atoms with Crippen LogP contribution >= 0.6 is 0 Å². The summed E-state index contributed by atoms with van der Waals surface area (Å²) in [7, 11) is 3.17. The Morgan fingerprint density at radius 2 is 2.12 bits per heavy atom. The van der Waals surface area contributed by atoms with E-state index in [0.717, 1.165) is 5.56 Å². The van der Waals surface area contributed by atoms with Crippen molar-refractivity contribution in [3.8, 4) is 0 Å². The lowest BCUT2D eigenvalue weighted by Gasteiger charge is -2.28. The van der Waals surface area contributed by atoms with E-state index in [1.807, 2.05) is 0 Å². The molecule has 0 N–H and O–H groups in total. The molecule has 1 amide bonds. The molecule has 94 valence electrons. The summed E-state index contributed by atoms with van der Waals surface area (Å²) in [5.74, 6) is -0.432. The molecule has 0 saturated heterocycles. The average molecular weight is 239 g/mol. The number of hydrogen-bond donors (Lipinski definition) is 0. The highest BCUT2D eigenvalue weighted by molar-refractivity contribution is 5.84. The topological polar surface area (TPSA) is 29.5 Å². The molecular weight excluding hydrogens is 221 g/mol. The lowest BCUT2D eigenvalue weighted by Crippen LogP contribution is -2.44. The maximum absolute atomic E-state index is 13.0. The van der Waals surface area contributed by atoms with E-state index in [4.69, 9.17) is 4.74 Å². The van der Waals surface area contributed by atoms with Crippen LogP contribution in [0.5, 0.6) is 0 Å². The molecule has 17 heavy (non-hydrogen) atoms. The van der Waals surface area contributed by atoms with Gasteiger partial charge in [0.25, 0.3) is 5.91 Å². The number of carbonyl (C=O) groups is 1. The normalized spacial score (nSPS) is 11.4. The Balaban J connectivity index is 2.73. The van der Waals surface area contributed by atoms with E-state index < -0.39 is 5.60 Å². The predicted octanol–water partition coefficient (Wildman–Crippen LogP) is 2.21. The fourth-order valence-corrected chi connectivity index (χ4v) is 1.53. The Morgan fingerprint density at radius 3 is 2.65 bits per heavy atom. The van der Waals surface area contributed by atoms with Crippen LogP contribution in [0.2, 0.25) is 0 Å². The molecule has 0 aromatic heterocycles. The number of amides is 1. The van der Waals surface area contributed by atoms with Crippen LogP contribution in [-0.4, -0.2) is 30.6 Å². The van der Waals surface area contributed by atoms with Gasteiger partial charge in [0.05, 0.1) is 0 Å². The average Bonchev–Trinajstić information content (AvgIpc) is 2.28. The second-order valence-corrected chi connectivity index (χ2v) is 4.51. The molecule has 0 aliphatic heterocycles. The fourth-order valence-electron chi connectivity index (χ4n) is 1.53. The first-order chi connectivity index (χ1) is 7.86. The van der Waals surface area contributed by atoms with Gasteiger partial charge in [0.15, 0.2) is 0 Å². The Labute approximate surface area is 101 Å². The quantitative estimate of drug-likeness (QED) is 0.806. The van der Waals surface area contributed by atoms with E-state index in [1.54, 1.807) is 33.0 Å². The van der Waals surface area contributed by atoms with Gasteiger partial charge in [-0.3, -0.25) is 4.79 Å². The van der Waals surface area contributed by atoms with Gasteiger partial charge >= 0.3 is 0 Å². The second-order valence-electron chi connectivity index (χ2n) is 4.51. The van der Waals surface area contributed by atoms with Gasteiger partial charge in [0.1, 0.15) is 11.4 Å². The zero-order valence-corrected chi connectivity index (χ0v) is 10.7. The van der Waals surface area contributed by atoms with Crippen molar-refractivity contribution in [2.24, 2.45) is 0 Å². The molecular formula is C13H18FNO2. The van der Waals surface area contributed by atoms with Crippen LogP contribution < -0.4 is 0 Å². The minimum Gasteiger partial charge on any atom is -0.369 e. The van der Waals surface area contributed by atoms with Crippen molar-refractivity contribution in [2.75, 3.05) is 14.2 Å². The minimum atomic E-state index is -0.859. The smallest absolute Gasteiger partial charge is 0.254 e. The zero-order chi connectivity index (χ0) is 13.1. The van der Waals surface area contributed by atoms with Crippen molar-refractivity contribution in [2.45, 2.75) is 26.0 Å². The van der Waals surface area contributed by atoms with Gasteiger partial charge in [-0.05, 0) is 31.5 Å². The summed E-state index contributed by atoms with van der Waals surface area (Å²) in [5, 5.41) is 0. The van der Waals surface area contributed by atoms with Gasteiger partial charge in [-0.15, -0.1) is 0 Å². The number of nitrogens with zero attached hydrogens (tertiary/aromatic N) is 1. The molecule has 0 saturated carbocycles. The van der Waals surface area contributed by atoms with E-state index in [9.17, 15) is 9.18 Å². The van der Waals surface area contributed by atoms with Gasteiger partial charge < -0.3 is 9.64 Å². The summed E-state index contributed by atoms with van der Waals surface area (Å²) in [5.41, 5.74) is -0.102. The van der Waals surface area contributed by atoms with Crippen LogP contribution in [0.15, 0.2) is 24.3 Å². The molecule has 0 unspecified atom stereocenters. The van der Waals surface area contributed by atoms with Crippen molar-refractivity contribution in [3.63, 3.8) is 0 Å². The van der Waals surface area contributed by atoms with E-state index in [0.29, 0.717) is 6.54 Å². The number of rotatable bonds is 4. The maximum Gasteiger partial charge on any atom is 0.254 e. The molecule has 4 heteroatoms. The predicted molar refractivity (Wildman–Crippen MR) is 64.0 cm³/mol. The molecule has 0 radical (unpaired) electrons. The third-order valence-corrected chi connectivity index (χ3v) is 2.68. The van der Waals surface area contributed by atoms with Gasteiger partial charge in [-0.25, -0.2) is 4.39 Å². The van der Waals surface area contributed by atoms with Gasteiger partial charge in [-0.1, -0.05) is 12.1 Å². The summed E-state index contributed by atoms with van der Waals surface area (Å²) in [6, 6.07) is 6.21. The highest BCUT2D eigenvalue weighted by Gasteiger charge is 2.29. The third-order valence-electron chi connectivity index (χ3n) is 2.68. The number of halogens is 1. The van der Waals surface area contributed by atoms with Crippen molar-refractivity contribution in [3.05, 3.63) is 35.6 Å². The maximum atomic E-state index is 13.0. The highest BCUT2D eigenvalue weighted by Crippen LogP contribution is 2.14. The molecule has 0 spiro atoms. The molecule has 0 atom stereocenters. The summed E-state index contributed by atoms with van der Waals surface area (Å²) in [6.45, 7) is 3.78. The first-order valence-corrected chi connectivity index (χ1v) is 5.42. The van der Waals surface area contributed by atoms with Crippen LogP contribution in [0.4, 0.5) is 4.39 Å². The van der Waals surface area contributed by atoms with Crippen molar-refractivity contribution >= 4 is 5.91 Å². The van der Waals surface area contributed by atoms with Crippen molar-refractivity contribution < 1.29 is 13.9 Å². The van der Waals surface area contributed by atoms with Gasteiger partial charge in [0, 0.05) is 20.7 Å². The molecule has 1 rings (SSSR count). The lowest BCUT2D eigenvalue weighted by molar-refractivity contribution is -0.150. The van der Waals surface area contributed by atoms with Crippen LogP contribution in [0.1, 0.15) is 19.4 Å². The number of hydrogen-bond acceptors (Lipinski definition) is 2. The zero-order valence-electron chi connectivity index (χ0n) is 10.7. The van der Waals surface area contributed by atoms with Crippen LogP contribution in [-0.2, 0) is 16.1 Å². The third kappa shape index (κ3) is 3.53. The molecule has 1 aromatic rings. The number of likely N-dealkylation sites (N-methyl/N-ethyl adjacent to an activating group) is 1. The van der Waals surface area contributed by atoms with E-state index in [2.05, 4.69) is 0 Å². The van der Waals surface area contributed by atoms with Crippen LogP contribution in [0.25, 0.3) is 0 Å². The Hall–Kier alpha value is -1.42. The van der Waals surface area contributed by atoms with Crippen molar-refractivity contribution in [1.82, 2.24) is 4.90 Å². The minimum absolute atomic E-state index is 0.135. The van der Waals surface area contributed by atoms with Crippen LogP contribution in [0.3, 0.4) is 0 Å². The number of carbonyl (C=O) groups excluding carboxylic acids is 1. The SMILES string of the molecule is COC(C)(C)C(=O)N(C)Cc1cccc(F)c1. The summed E-state index contributed by atoms with van der Waals surface area (Å²) >= 11 is 0. The summed E-state index contributed by atoms with van der Waals surface area (Å²) < 4.78 is 18.1. The number of benzene rings is 1. The monoisotopic (exact) mass is 239 g/mol. The molecule has 1 aromatic carbocycles. The first-order valence-electron chi connectivity index (χ1n) is 5.42. The van der Waals surface area contributed by atoms with Crippen molar-refractivity contribution in [1.29, 1.82) is 0 Å². The van der Waals surface area contributed by atoms with E-state index >= 15 is 0 Å². The molecule has 3 nitrogen and oxygen atoms in total. The Bertz CT molecular complexity index is 404. The van der Waals surface area contributed by atoms with E-state index in [-0.39, 0.29) is 11.7 Å². The lowest BCUT2D eigenvalue weighted by atomic mass is 10.1. The summed E-state index contributed by atoms with van der Waals surface area (Å²) in [4.78, 5) is 13.5. The standard InChI is InChI=1S/C13H18FNO2/c1-13(2,17-4)12(16)15(3)9-10-6-5-7-11(14)8-10/h5-8H,9H2,1-4H3. The Kier molecular flexibility index (Phi) is 4.23. The number of ether oxygens (including phenoxy) is 1. The highest BCUT2D eigenvalue weighted by atomic mass is 19.1. The first kappa shape index (κ1) is 13.6.